The lowest BCUT2D eigenvalue weighted by Crippen LogP contribution is -2.25. The largest absolute Gasteiger partial charge is 0.355 e. The van der Waals surface area contributed by atoms with Gasteiger partial charge in [0, 0.05) is 43.5 Å². The molecule has 3 amide bonds. The van der Waals surface area contributed by atoms with E-state index in [0.717, 1.165) is 23.2 Å². The zero-order valence-electron chi connectivity index (χ0n) is 15.3. The minimum Gasteiger partial charge on any atom is -0.355 e. The maximum atomic E-state index is 12.2. The van der Waals surface area contributed by atoms with Gasteiger partial charge < -0.3 is 15.5 Å². The molecule has 0 atom stereocenters. The number of nitrogens with zero attached hydrogens (tertiary/aromatic N) is 1. The molecule has 0 radical (unpaired) electrons. The minimum atomic E-state index is -0.244. The minimum absolute atomic E-state index is 0.0240. The van der Waals surface area contributed by atoms with Crippen LogP contribution in [0.5, 0.6) is 0 Å². The van der Waals surface area contributed by atoms with Crippen molar-refractivity contribution in [1.29, 1.82) is 0 Å². The third kappa shape index (κ3) is 4.23. The standard InChI is InChI=1S/C21H21N3O3/c1-14(25)24-12-11-17-13-18(8-9-19(17)24)23-20(26)10-5-15-3-6-16(7-4-15)21(27)22-2/h3-10,13H,11-12H2,1-2H3,(H,22,27)(H,23,26)/b10-5+. The molecule has 0 bridgehead atoms. The van der Waals surface area contributed by atoms with E-state index < -0.39 is 0 Å². The molecule has 2 aromatic rings. The van der Waals surface area contributed by atoms with Gasteiger partial charge in [-0.25, -0.2) is 0 Å². The number of carbonyl (C=O) groups excluding carboxylic acids is 3. The van der Waals surface area contributed by atoms with Crippen LogP contribution < -0.4 is 15.5 Å². The van der Waals surface area contributed by atoms with Crippen molar-refractivity contribution in [3.05, 3.63) is 65.2 Å². The highest BCUT2D eigenvalue weighted by Crippen LogP contribution is 2.30. The van der Waals surface area contributed by atoms with Crippen molar-refractivity contribution in [2.24, 2.45) is 0 Å². The van der Waals surface area contributed by atoms with E-state index in [9.17, 15) is 14.4 Å². The van der Waals surface area contributed by atoms with Crippen molar-refractivity contribution >= 4 is 35.2 Å². The van der Waals surface area contributed by atoms with E-state index in [1.807, 2.05) is 12.1 Å². The molecule has 0 unspecified atom stereocenters. The van der Waals surface area contributed by atoms with Crippen molar-refractivity contribution in [1.82, 2.24) is 5.32 Å². The molecule has 1 aliphatic rings. The van der Waals surface area contributed by atoms with Gasteiger partial charge in [-0.2, -0.15) is 0 Å². The summed E-state index contributed by atoms with van der Waals surface area (Å²) in [6.07, 6.45) is 3.92. The van der Waals surface area contributed by atoms with Crippen LogP contribution in [0.2, 0.25) is 0 Å². The fraction of sp³-hybridized carbons (Fsp3) is 0.190. The maximum absolute atomic E-state index is 12.2. The average molecular weight is 363 g/mol. The molecule has 0 saturated heterocycles. The van der Waals surface area contributed by atoms with Gasteiger partial charge in [0.05, 0.1) is 0 Å². The smallest absolute Gasteiger partial charge is 0.251 e. The monoisotopic (exact) mass is 363 g/mol. The van der Waals surface area contributed by atoms with Crippen LogP contribution in [0.4, 0.5) is 11.4 Å². The van der Waals surface area contributed by atoms with Crippen LogP contribution in [0, 0.1) is 0 Å². The summed E-state index contributed by atoms with van der Waals surface area (Å²) in [5, 5.41) is 5.39. The summed E-state index contributed by atoms with van der Waals surface area (Å²) >= 11 is 0. The van der Waals surface area contributed by atoms with Gasteiger partial charge in [0.15, 0.2) is 0 Å². The number of nitrogens with one attached hydrogen (secondary N) is 2. The van der Waals surface area contributed by atoms with Gasteiger partial charge in [-0.05, 0) is 54.0 Å². The molecule has 2 aromatic carbocycles. The van der Waals surface area contributed by atoms with Crippen molar-refractivity contribution in [3.8, 4) is 0 Å². The number of rotatable bonds is 4. The Morgan fingerprint density at radius 2 is 1.81 bits per heavy atom. The lowest BCUT2D eigenvalue weighted by molar-refractivity contribution is -0.116. The van der Waals surface area contributed by atoms with E-state index in [4.69, 9.17) is 0 Å². The Balaban J connectivity index is 1.63. The topological polar surface area (TPSA) is 78.5 Å². The van der Waals surface area contributed by atoms with E-state index in [0.29, 0.717) is 17.8 Å². The second-order valence-corrected chi connectivity index (χ2v) is 6.29. The van der Waals surface area contributed by atoms with Crippen LogP contribution in [0.1, 0.15) is 28.4 Å². The molecule has 0 fully saturated rings. The van der Waals surface area contributed by atoms with Crippen LogP contribution in [0.15, 0.2) is 48.5 Å². The van der Waals surface area contributed by atoms with E-state index in [-0.39, 0.29) is 17.7 Å². The Morgan fingerprint density at radius 1 is 1.07 bits per heavy atom. The maximum Gasteiger partial charge on any atom is 0.251 e. The average Bonchev–Trinajstić information content (AvgIpc) is 3.09. The molecule has 138 valence electrons. The van der Waals surface area contributed by atoms with Gasteiger partial charge in [-0.1, -0.05) is 12.1 Å². The molecular weight excluding hydrogens is 342 g/mol. The van der Waals surface area contributed by atoms with Crippen molar-refractivity contribution < 1.29 is 14.4 Å². The zero-order valence-corrected chi connectivity index (χ0v) is 15.3. The van der Waals surface area contributed by atoms with Gasteiger partial charge in [-0.3, -0.25) is 14.4 Å². The summed E-state index contributed by atoms with van der Waals surface area (Å²) < 4.78 is 0. The van der Waals surface area contributed by atoms with Crippen LogP contribution in [-0.4, -0.2) is 31.3 Å². The summed E-state index contributed by atoms with van der Waals surface area (Å²) in [4.78, 5) is 37.0. The van der Waals surface area contributed by atoms with Crippen molar-refractivity contribution in [2.75, 3.05) is 23.8 Å². The van der Waals surface area contributed by atoms with Crippen LogP contribution in [0.25, 0.3) is 6.08 Å². The quantitative estimate of drug-likeness (QED) is 0.820. The molecule has 0 spiro atoms. The van der Waals surface area contributed by atoms with Gasteiger partial charge in [0.2, 0.25) is 11.8 Å². The summed E-state index contributed by atoms with van der Waals surface area (Å²) in [5.74, 6) is -0.370. The molecule has 0 aromatic heterocycles. The number of benzene rings is 2. The normalized spacial score (nSPS) is 12.7. The Labute approximate surface area is 157 Å². The third-order valence-electron chi connectivity index (χ3n) is 4.45. The second-order valence-electron chi connectivity index (χ2n) is 6.29. The highest BCUT2D eigenvalue weighted by Gasteiger charge is 2.22. The van der Waals surface area contributed by atoms with E-state index in [1.165, 1.54) is 6.08 Å². The molecule has 0 aliphatic carbocycles. The Kier molecular flexibility index (Phi) is 5.35. The number of hydrogen-bond donors (Lipinski definition) is 2. The zero-order chi connectivity index (χ0) is 19.4. The predicted molar refractivity (Wildman–Crippen MR) is 106 cm³/mol. The molecular formula is C21H21N3O3. The number of hydrogen-bond acceptors (Lipinski definition) is 3. The molecule has 27 heavy (non-hydrogen) atoms. The Hall–Kier alpha value is -3.41. The number of carbonyl (C=O) groups is 3. The summed E-state index contributed by atoms with van der Waals surface area (Å²) in [5.41, 5.74) is 4.05. The van der Waals surface area contributed by atoms with Gasteiger partial charge in [-0.15, -0.1) is 0 Å². The van der Waals surface area contributed by atoms with Crippen LogP contribution in [-0.2, 0) is 16.0 Å². The summed E-state index contributed by atoms with van der Waals surface area (Å²) in [6.45, 7) is 2.23. The Bertz CT molecular complexity index is 917. The Morgan fingerprint density at radius 3 is 2.48 bits per heavy atom. The van der Waals surface area contributed by atoms with Crippen molar-refractivity contribution in [3.63, 3.8) is 0 Å². The summed E-state index contributed by atoms with van der Waals surface area (Å²) in [6, 6.07) is 12.5. The molecule has 6 heteroatoms. The highest BCUT2D eigenvalue weighted by atomic mass is 16.2. The first-order chi connectivity index (χ1) is 13.0. The lowest BCUT2D eigenvalue weighted by Gasteiger charge is -2.14. The SMILES string of the molecule is CNC(=O)c1ccc(/C=C/C(=O)Nc2ccc3c(c2)CCN3C(C)=O)cc1. The molecule has 1 heterocycles. The lowest BCUT2D eigenvalue weighted by atomic mass is 10.1. The summed E-state index contributed by atoms with van der Waals surface area (Å²) in [7, 11) is 1.58. The number of amides is 3. The number of fused-ring (bicyclic) bond motifs is 1. The molecule has 6 nitrogen and oxygen atoms in total. The first kappa shape index (κ1) is 18.4. The molecule has 2 N–H and O–H groups in total. The van der Waals surface area contributed by atoms with E-state index in [1.54, 1.807) is 55.3 Å². The van der Waals surface area contributed by atoms with Gasteiger partial charge in [0.25, 0.3) is 5.91 Å². The third-order valence-corrected chi connectivity index (χ3v) is 4.45. The van der Waals surface area contributed by atoms with E-state index >= 15 is 0 Å². The first-order valence-electron chi connectivity index (χ1n) is 8.70. The van der Waals surface area contributed by atoms with Crippen molar-refractivity contribution in [2.45, 2.75) is 13.3 Å². The van der Waals surface area contributed by atoms with Gasteiger partial charge in [0.1, 0.15) is 0 Å². The van der Waals surface area contributed by atoms with Gasteiger partial charge >= 0.3 is 0 Å². The van der Waals surface area contributed by atoms with E-state index in [2.05, 4.69) is 10.6 Å². The number of anilines is 2. The predicted octanol–water partition coefficient (Wildman–Crippen LogP) is 2.61. The fourth-order valence-electron chi connectivity index (χ4n) is 3.05. The fourth-order valence-corrected chi connectivity index (χ4v) is 3.05. The molecule has 0 saturated carbocycles. The first-order valence-corrected chi connectivity index (χ1v) is 8.70. The molecule has 1 aliphatic heterocycles. The highest BCUT2D eigenvalue weighted by molar-refractivity contribution is 6.02. The van der Waals surface area contributed by atoms with Crippen LogP contribution in [0.3, 0.4) is 0 Å². The second kappa shape index (κ2) is 7.86. The van der Waals surface area contributed by atoms with Crippen LogP contribution >= 0.6 is 0 Å². The molecule has 3 rings (SSSR count).